The molecule has 2 unspecified atom stereocenters. The summed E-state index contributed by atoms with van der Waals surface area (Å²) in [7, 11) is -1.71. The Labute approximate surface area is 148 Å². The van der Waals surface area contributed by atoms with Crippen LogP contribution in [0.4, 0.5) is 0 Å². The largest absolute Gasteiger partial charge is 0.373 e. The van der Waals surface area contributed by atoms with Crippen LogP contribution in [0.25, 0.3) is 0 Å². The van der Waals surface area contributed by atoms with Crippen molar-refractivity contribution < 1.29 is 9.53 Å². The maximum Gasteiger partial charge on any atom is 0.223 e. The number of hydrogen-bond donors (Lipinski definition) is 0. The van der Waals surface area contributed by atoms with Crippen molar-refractivity contribution in [1.82, 2.24) is 4.90 Å². The van der Waals surface area contributed by atoms with Crippen molar-refractivity contribution in [1.29, 1.82) is 0 Å². The van der Waals surface area contributed by atoms with Gasteiger partial charge in [0.1, 0.15) is 0 Å². The van der Waals surface area contributed by atoms with Crippen molar-refractivity contribution in [3.63, 3.8) is 0 Å². The molecule has 0 bridgehead atoms. The van der Waals surface area contributed by atoms with E-state index in [1.54, 1.807) is 0 Å². The van der Waals surface area contributed by atoms with Crippen LogP contribution in [0.3, 0.4) is 0 Å². The lowest BCUT2D eigenvalue weighted by Gasteiger charge is -2.52. The van der Waals surface area contributed by atoms with E-state index in [9.17, 15) is 4.79 Å². The number of nitrogens with zero attached hydrogens (tertiary/aromatic N) is 1. The van der Waals surface area contributed by atoms with Gasteiger partial charge in [0, 0.05) is 24.4 Å². The van der Waals surface area contributed by atoms with Gasteiger partial charge >= 0.3 is 0 Å². The van der Waals surface area contributed by atoms with Crippen LogP contribution in [0.1, 0.15) is 59.8 Å². The smallest absolute Gasteiger partial charge is 0.223 e. The Balaban J connectivity index is 2.01. The van der Waals surface area contributed by atoms with Crippen LogP contribution >= 0.6 is 0 Å². The van der Waals surface area contributed by atoms with Gasteiger partial charge in [-0.1, -0.05) is 59.4 Å². The summed E-state index contributed by atoms with van der Waals surface area (Å²) in [5.74, 6) is 0.693. The number of carbonyl (C=O) groups excluding carboxylic acids is 1. The monoisotopic (exact) mass is 349 g/mol. The SMILES string of the molecule is C=C1C[C@@H]2CCC(=O)N2[C@H](CCC)C1C1([Si](C)(C)C(C)(C)C)CO1. The molecule has 24 heavy (non-hydrogen) atoms. The van der Waals surface area contributed by atoms with Crippen molar-refractivity contribution in [3.05, 3.63) is 12.2 Å². The van der Waals surface area contributed by atoms with Gasteiger partial charge in [0.05, 0.1) is 19.9 Å². The fourth-order valence-corrected chi connectivity index (χ4v) is 8.40. The molecule has 0 aliphatic carbocycles. The Morgan fingerprint density at radius 2 is 2.00 bits per heavy atom. The molecule has 3 fully saturated rings. The van der Waals surface area contributed by atoms with Gasteiger partial charge in [-0.05, 0) is 24.3 Å². The van der Waals surface area contributed by atoms with Gasteiger partial charge in [-0.2, -0.15) is 0 Å². The zero-order chi connectivity index (χ0) is 17.9. The Kier molecular flexibility index (Phi) is 4.32. The van der Waals surface area contributed by atoms with Crippen molar-refractivity contribution in [2.45, 2.75) is 95.2 Å². The molecule has 3 saturated heterocycles. The summed E-state index contributed by atoms with van der Waals surface area (Å²) in [5.41, 5.74) is 1.35. The summed E-state index contributed by atoms with van der Waals surface area (Å²) >= 11 is 0. The van der Waals surface area contributed by atoms with Crippen LogP contribution in [-0.2, 0) is 9.53 Å². The molecule has 0 aromatic rings. The summed E-state index contributed by atoms with van der Waals surface area (Å²) in [4.78, 5) is 14.9. The van der Waals surface area contributed by atoms with Crippen molar-refractivity contribution in [2.75, 3.05) is 6.61 Å². The highest BCUT2D eigenvalue weighted by atomic mass is 28.3. The molecule has 136 valence electrons. The van der Waals surface area contributed by atoms with Gasteiger partial charge in [-0.15, -0.1) is 0 Å². The lowest BCUT2D eigenvalue weighted by molar-refractivity contribution is -0.133. The maximum atomic E-state index is 12.6. The summed E-state index contributed by atoms with van der Waals surface area (Å²) in [6.07, 6.45) is 4.90. The highest BCUT2D eigenvalue weighted by Crippen LogP contribution is 2.59. The zero-order valence-corrected chi connectivity index (χ0v) is 17.4. The van der Waals surface area contributed by atoms with E-state index in [1.165, 1.54) is 5.57 Å². The van der Waals surface area contributed by atoms with E-state index >= 15 is 0 Å². The third kappa shape index (κ3) is 2.44. The first kappa shape index (κ1) is 18.2. The summed E-state index contributed by atoms with van der Waals surface area (Å²) in [6.45, 7) is 19.7. The van der Waals surface area contributed by atoms with Crippen LogP contribution < -0.4 is 0 Å². The van der Waals surface area contributed by atoms with Gasteiger partial charge < -0.3 is 9.64 Å². The van der Waals surface area contributed by atoms with E-state index in [0.717, 1.165) is 38.7 Å². The molecular formula is C20H35NO2Si. The molecule has 0 saturated carbocycles. The Morgan fingerprint density at radius 3 is 2.50 bits per heavy atom. The highest BCUT2D eigenvalue weighted by Gasteiger charge is 2.69. The molecule has 0 N–H and O–H groups in total. The number of piperidine rings is 1. The molecule has 3 heterocycles. The van der Waals surface area contributed by atoms with Gasteiger partial charge in [0.2, 0.25) is 5.91 Å². The molecule has 0 spiro atoms. The third-order valence-corrected chi connectivity index (χ3v) is 14.0. The zero-order valence-electron chi connectivity index (χ0n) is 16.4. The topological polar surface area (TPSA) is 32.8 Å². The molecule has 4 atom stereocenters. The second kappa shape index (κ2) is 5.70. The van der Waals surface area contributed by atoms with E-state index in [4.69, 9.17) is 4.74 Å². The first-order valence-electron chi connectivity index (χ1n) is 9.69. The van der Waals surface area contributed by atoms with Crippen molar-refractivity contribution >= 4 is 14.0 Å². The van der Waals surface area contributed by atoms with Gasteiger partial charge in [-0.3, -0.25) is 4.79 Å². The predicted molar refractivity (Wildman–Crippen MR) is 102 cm³/mol. The molecule has 3 rings (SSSR count). The second-order valence-corrected chi connectivity index (χ2v) is 15.3. The number of ether oxygens (including phenoxy) is 1. The van der Waals surface area contributed by atoms with Crippen LogP contribution in [0.2, 0.25) is 18.1 Å². The molecule has 3 aliphatic heterocycles. The average Bonchev–Trinajstić information content (AvgIpc) is 3.18. The molecule has 4 heteroatoms. The standard InChI is InChI=1S/C20H35NO2Si/c1-8-9-16-18(14(2)12-15-10-11-17(22)21(15)16)20(13-23-20)24(6,7)19(3,4)5/h15-16,18H,2,8-13H2,1,3-7H3/t15-,16+,18?,20?/m0/s1. The summed E-state index contributed by atoms with van der Waals surface area (Å²) < 4.78 is 6.32. The van der Waals surface area contributed by atoms with E-state index in [1.807, 2.05) is 0 Å². The normalized spacial score (nSPS) is 36.9. The molecule has 0 radical (unpaired) electrons. The first-order valence-corrected chi connectivity index (χ1v) is 12.7. The minimum atomic E-state index is -1.71. The Bertz CT molecular complexity index is 544. The highest BCUT2D eigenvalue weighted by molar-refractivity contribution is 6.83. The first-order chi connectivity index (χ1) is 11.1. The summed E-state index contributed by atoms with van der Waals surface area (Å²) in [5, 5.41) is 0.239. The number of rotatable bonds is 4. The van der Waals surface area contributed by atoms with Gasteiger partial charge in [-0.25, -0.2) is 0 Å². The van der Waals surface area contributed by atoms with Crippen LogP contribution in [0.15, 0.2) is 12.2 Å². The van der Waals surface area contributed by atoms with E-state index in [0.29, 0.717) is 23.9 Å². The third-order valence-electron chi connectivity index (χ3n) is 7.53. The van der Waals surface area contributed by atoms with Crippen LogP contribution in [-0.4, -0.2) is 42.8 Å². The number of epoxide rings is 1. The average molecular weight is 350 g/mol. The lowest BCUT2D eigenvalue weighted by atomic mass is 9.78. The number of hydrogen-bond acceptors (Lipinski definition) is 2. The molecule has 3 nitrogen and oxygen atoms in total. The number of carbonyl (C=O) groups is 1. The Hall–Kier alpha value is -0.613. The maximum absolute atomic E-state index is 12.6. The number of amides is 1. The minimum absolute atomic E-state index is 0.0317. The van der Waals surface area contributed by atoms with E-state index in [2.05, 4.69) is 52.3 Å². The van der Waals surface area contributed by atoms with E-state index < -0.39 is 8.07 Å². The molecule has 3 aliphatic rings. The Morgan fingerprint density at radius 1 is 1.38 bits per heavy atom. The lowest BCUT2D eigenvalue weighted by Crippen LogP contribution is -2.63. The molecule has 0 aromatic carbocycles. The van der Waals surface area contributed by atoms with Crippen LogP contribution in [0.5, 0.6) is 0 Å². The van der Waals surface area contributed by atoms with Gasteiger partial charge in [0.15, 0.2) is 0 Å². The fraction of sp³-hybridized carbons (Fsp3) is 0.850. The fourth-order valence-electron chi connectivity index (χ4n) is 5.16. The second-order valence-electron chi connectivity index (χ2n) is 9.74. The minimum Gasteiger partial charge on any atom is -0.373 e. The quantitative estimate of drug-likeness (QED) is 0.424. The van der Waals surface area contributed by atoms with Crippen molar-refractivity contribution in [2.24, 2.45) is 5.92 Å². The predicted octanol–water partition coefficient (Wildman–Crippen LogP) is 4.54. The van der Waals surface area contributed by atoms with Crippen LogP contribution in [0, 0.1) is 5.92 Å². The summed E-state index contributed by atoms with van der Waals surface area (Å²) in [6, 6.07) is 0.695. The molecule has 0 aromatic heterocycles. The van der Waals surface area contributed by atoms with Crippen molar-refractivity contribution in [3.8, 4) is 0 Å². The van der Waals surface area contributed by atoms with Gasteiger partial charge in [0.25, 0.3) is 0 Å². The van der Waals surface area contributed by atoms with E-state index in [-0.39, 0.29) is 10.3 Å². The molecular weight excluding hydrogens is 314 g/mol. The molecule has 1 amide bonds. The number of fused-ring (bicyclic) bond motifs is 1.